The number of esters is 1. The largest absolute Gasteiger partial charge is 0.462 e. The normalized spacial score (nSPS) is 31.2. The predicted molar refractivity (Wildman–Crippen MR) is 158 cm³/mol. The molecule has 0 heterocycles. The molecule has 1 unspecified atom stereocenters. The minimum atomic E-state index is -0.00530. The van der Waals surface area contributed by atoms with Crippen LogP contribution in [-0.4, -0.2) is 12.1 Å². The highest BCUT2D eigenvalue weighted by Gasteiger charge is 2.50. The van der Waals surface area contributed by atoms with Crippen LogP contribution in [0.25, 0.3) is 0 Å². The van der Waals surface area contributed by atoms with Crippen molar-refractivity contribution in [1.29, 1.82) is 0 Å². The van der Waals surface area contributed by atoms with Gasteiger partial charge in [0.15, 0.2) is 0 Å². The van der Waals surface area contributed by atoms with Crippen molar-refractivity contribution in [2.24, 2.45) is 29.1 Å². The van der Waals surface area contributed by atoms with Crippen LogP contribution in [-0.2, 0) is 9.53 Å². The van der Waals surface area contributed by atoms with E-state index >= 15 is 0 Å². The summed E-state index contributed by atoms with van der Waals surface area (Å²) < 4.78 is 5.90. The van der Waals surface area contributed by atoms with E-state index in [1.54, 1.807) is 5.57 Å². The second kappa shape index (κ2) is 14.7. The van der Waals surface area contributed by atoms with E-state index in [0.717, 1.165) is 55.8 Å². The van der Waals surface area contributed by atoms with Crippen molar-refractivity contribution in [1.82, 2.24) is 0 Å². The number of allylic oxidation sites excluding steroid dienone is 4. The molecule has 3 aliphatic rings. The van der Waals surface area contributed by atoms with Gasteiger partial charge in [-0.05, 0) is 86.0 Å². The zero-order chi connectivity index (χ0) is 26.8. The molecule has 0 aromatic rings. The molecule has 0 amide bonds. The molecule has 0 radical (unpaired) electrons. The van der Waals surface area contributed by atoms with Crippen LogP contribution < -0.4 is 0 Å². The van der Waals surface area contributed by atoms with E-state index in [4.69, 9.17) is 4.74 Å². The first-order valence-electron chi connectivity index (χ1n) is 16.0. The van der Waals surface area contributed by atoms with Crippen molar-refractivity contribution in [3.05, 3.63) is 35.5 Å². The number of hydrogen-bond donors (Lipinski definition) is 0. The fraction of sp³-hybridized carbons (Fsp3) is 0.800. The quantitative estimate of drug-likeness (QED) is 0.182. The molecule has 0 N–H and O–H groups in total. The minimum absolute atomic E-state index is 0.00530. The standard InChI is InChI=1S/C35H58O2/c1-7-8-9-10-11-17-34(36)37-31-21-18-27(4)30(25-31)20-19-29-16-13-24-35(6)32(22-23-33(29)35)28(5)15-12-14-26(2)3/h19-20,26,28,31-33H,4,7-18,21-25H2,1-3,5-6H3/b29-19+,30-20+/t28-,31+,32-,33?,35-/m1/s1. The Labute approximate surface area is 229 Å². The van der Waals surface area contributed by atoms with Gasteiger partial charge in [0.05, 0.1) is 0 Å². The van der Waals surface area contributed by atoms with Crippen LogP contribution in [0.5, 0.6) is 0 Å². The van der Waals surface area contributed by atoms with Gasteiger partial charge in [-0.15, -0.1) is 0 Å². The van der Waals surface area contributed by atoms with E-state index in [2.05, 4.69) is 53.3 Å². The first-order chi connectivity index (χ1) is 17.7. The lowest BCUT2D eigenvalue weighted by atomic mass is 9.60. The van der Waals surface area contributed by atoms with Gasteiger partial charge in [0.25, 0.3) is 0 Å². The highest BCUT2D eigenvalue weighted by molar-refractivity contribution is 5.69. The van der Waals surface area contributed by atoms with E-state index < -0.39 is 0 Å². The van der Waals surface area contributed by atoms with Crippen molar-refractivity contribution in [3.63, 3.8) is 0 Å². The summed E-state index contributed by atoms with van der Waals surface area (Å²) in [6.07, 6.45) is 24.8. The Bertz CT molecular complexity index is 802. The fourth-order valence-corrected chi connectivity index (χ4v) is 7.86. The first kappa shape index (κ1) is 30.2. The van der Waals surface area contributed by atoms with Gasteiger partial charge in [-0.1, -0.05) is 109 Å². The second-order valence-electron chi connectivity index (χ2n) is 13.5. The number of carbonyl (C=O) groups is 1. The van der Waals surface area contributed by atoms with Gasteiger partial charge in [-0.25, -0.2) is 0 Å². The molecule has 37 heavy (non-hydrogen) atoms. The van der Waals surface area contributed by atoms with Crippen molar-refractivity contribution in [2.75, 3.05) is 0 Å². The van der Waals surface area contributed by atoms with Crippen molar-refractivity contribution in [3.8, 4) is 0 Å². The van der Waals surface area contributed by atoms with Crippen molar-refractivity contribution < 1.29 is 9.53 Å². The van der Waals surface area contributed by atoms with Crippen LogP contribution in [0.3, 0.4) is 0 Å². The number of carbonyl (C=O) groups excluding carboxylic acids is 1. The van der Waals surface area contributed by atoms with Crippen molar-refractivity contribution in [2.45, 2.75) is 150 Å². The lowest BCUT2D eigenvalue weighted by molar-refractivity contribution is -0.149. The maximum absolute atomic E-state index is 12.4. The van der Waals surface area contributed by atoms with Gasteiger partial charge in [0.2, 0.25) is 0 Å². The van der Waals surface area contributed by atoms with E-state index in [1.807, 2.05) is 0 Å². The lowest BCUT2D eigenvalue weighted by Gasteiger charge is -2.44. The van der Waals surface area contributed by atoms with E-state index in [9.17, 15) is 4.79 Å². The molecule has 3 rings (SSSR count). The smallest absolute Gasteiger partial charge is 0.306 e. The average molecular weight is 511 g/mol. The molecule has 3 saturated carbocycles. The number of fused-ring (bicyclic) bond motifs is 1. The summed E-state index contributed by atoms with van der Waals surface area (Å²) in [5, 5.41) is 0. The molecule has 0 bridgehead atoms. The van der Waals surface area contributed by atoms with Crippen LogP contribution in [0.1, 0.15) is 144 Å². The number of hydrogen-bond acceptors (Lipinski definition) is 2. The molecule has 0 aromatic heterocycles. The summed E-state index contributed by atoms with van der Waals surface area (Å²) >= 11 is 0. The molecular formula is C35H58O2. The maximum Gasteiger partial charge on any atom is 0.306 e. The van der Waals surface area contributed by atoms with Gasteiger partial charge in [-0.3, -0.25) is 4.79 Å². The minimum Gasteiger partial charge on any atom is -0.462 e. The SMILES string of the molecule is C=C1CC[C@H](OC(=O)CCCCCCC)C/C1=C\C=C1/CCC[C@@]2(C)C1CC[C@@H]2[C@H](C)CCCC(C)C. The fourth-order valence-electron chi connectivity index (χ4n) is 7.86. The summed E-state index contributed by atoms with van der Waals surface area (Å²) in [5.74, 6) is 3.27. The zero-order valence-corrected chi connectivity index (χ0v) is 25.1. The van der Waals surface area contributed by atoms with Gasteiger partial charge >= 0.3 is 5.97 Å². The van der Waals surface area contributed by atoms with E-state index in [1.165, 1.54) is 81.8 Å². The average Bonchev–Trinajstić information content (AvgIpc) is 3.21. The Kier molecular flexibility index (Phi) is 12.0. The Morgan fingerprint density at radius 1 is 1.03 bits per heavy atom. The van der Waals surface area contributed by atoms with Gasteiger partial charge in [0, 0.05) is 12.8 Å². The molecule has 210 valence electrons. The third-order valence-corrected chi connectivity index (χ3v) is 10.1. The molecule has 2 heteroatoms. The maximum atomic E-state index is 12.4. The van der Waals surface area contributed by atoms with Crippen molar-refractivity contribution >= 4 is 5.97 Å². The molecular weight excluding hydrogens is 452 g/mol. The molecule has 3 fully saturated rings. The van der Waals surface area contributed by atoms with E-state index in [0.29, 0.717) is 11.8 Å². The summed E-state index contributed by atoms with van der Waals surface area (Å²) in [5.41, 5.74) is 4.70. The summed E-state index contributed by atoms with van der Waals surface area (Å²) in [7, 11) is 0. The van der Waals surface area contributed by atoms with Gasteiger partial charge in [0.1, 0.15) is 6.10 Å². The molecule has 3 aliphatic carbocycles. The molecule has 2 nitrogen and oxygen atoms in total. The second-order valence-corrected chi connectivity index (χ2v) is 13.5. The van der Waals surface area contributed by atoms with Gasteiger partial charge < -0.3 is 4.74 Å². The van der Waals surface area contributed by atoms with E-state index in [-0.39, 0.29) is 12.1 Å². The lowest BCUT2D eigenvalue weighted by Crippen LogP contribution is -2.36. The summed E-state index contributed by atoms with van der Waals surface area (Å²) in [6.45, 7) is 16.5. The third kappa shape index (κ3) is 8.59. The van der Waals surface area contributed by atoms with Crippen LogP contribution >= 0.6 is 0 Å². The monoisotopic (exact) mass is 510 g/mol. The Morgan fingerprint density at radius 2 is 1.81 bits per heavy atom. The highest BCUT2D eigenvalue weighted by atomic mass is 16.5. The van der Waals surface area contributed by atoms with Crippen LogP contribution in [0, 0.1) is 29.1 Å². The van der Waals surface area contributed by atoms with Gasteiger partial charge in [-0.2, -0.15) is 0 Å². The summed E-state index contributed by atoms with van der Waals surface area (Å²) in [4.78, 5) is 12.4. The first-order valence-corrected chi connectivity index (χ1v) is 16.0. The van der Waals surface area contributed by atoms with Crippen LogP contribution in [0.4, 0.5) is 0 Å². The number of ether oxygens (including phenoxy) is 1. The Morgan fingerprint density at radius 3 is 2.57 bits per heavy atom. The molecule has 0 aromatic carbocycles. The topological polar surface area (TPSA) is 26.3 Å². The number of rotatable bonds is 13. The zero-order valence-electron chi connectivity index (χ0n) is 25.1. The Hall–Kier alpha value is -1.31. The molecule has 0 saturated heterocycles. The highest BCUT2D eigenvalue weighted by Crippen LogP contribution is 2.60. The van der Waals surface area contributed by atoms with Crippen LogP contribution in [0.15, 0.2) is 35.5 Å². The third-order valence-electron chi connectivity index (χ3n) is 10.1. The molecule has 5 atom stereocenters. The Balaban J connectivity index is 1.57. The predicted octanol–water partition coefficient (Wildman–Crippen LogP) is 10.5. The van der Waals surface area contributed by atoms with Crippen LogP contribution in [0.2, 0.25) is 0 Å². The molecule has 0 spiro atoms. The number of unbranched alkanes of at least 4 members (excludes halogenated alkanes) is 4. The summed E-state index contributed by atoms with van der Waals surface area (Å²) in [6, 6.07) is 0. The molecule has 0 aliphatic heterocycles.